The number of hydrogen-bond donors (Lipinski definition) is 1. The number of nitrogens with one attached hydrogen (secondary N) is 1. The van der Waals surface area contributed by atoms with Gasteiger partial charge in [0, 0.05) is 12.0 Å². The predicted octanol–water partition coefficient (Wildman–Crippen LogP) is 3.91. The molecule has 0 aliphatic rings. The number of carbonyl (C=O) groups is 2. The Morgan fingerprint density at radius 3 is 2.17 bits per heavy atom. The van der Waals surface area contributed by atoms with E-state index in [1.54, 1.807) is 24.3 Å². The maximum atomic E-state index is 12.7. The molecule has 0 saturated heterocycles. The molecule has 3 aromatic carbocycles. The lowest BCUT2D eigenvalue weighted by atomic mass is 10.1. The molecule has 0 aliphatic heterocycles. The zero-order chi connectivity index (χ0) is 25.3. The van der Waals surface area contributed by atoms with Gasteiger partial charge in [-0.05, 0) is 48.9 Å². The van der Waals surface area contributed by atoms with E-state index < -0.39 is 12.0 Å². The second kappa shape index (κ2) is 11.8. The summed E-state index contributed by atoms with van der Waals surface area (Å²) in [6.07, 6.45) is 0.335. The maximum Gasteiger partial charge on any atom is 0.328 e. The number of esters is 1. The van der Waals surface area contributed by atoms with E-state index in [0.29, 0.717) is 35.9 Å². The number of aryl methyl sites for hydroxylation is 1. The first kappa shape index (κ1) is 24.7. The van der Waals surface area contributed by atoms with E-state index >= 15 is 0 Å². The number of benzene rings is 3. The summed E-state index contributed by atoms with van der Waals surface area (Å²) in [7, 11) is 1.30. The van der Waals surface area contributed by atoms with Gasteiger partial charge >= 0.3 is 5.97 Å². The molecule has 0 aliphatic carbocycles. The number of nitrogens with zero attached hydrogens (tertiary/aromatic N) is 2. The molecule has 0 fully saturated rings. The van der Waals surface area contributed by atoms with Crippen LogP contribution in [-0.4, -0.2) is 48.2 Å². The molecule has 36 heavy (non-hydrogen) atoms. The van der Waals surface area contributed by atoms with Crippen molar-refractivity contribution in [2.24, 2.45) is 0 Å². The maximum absolute atomic E-state index is 12.7. The highest BCUT2D eigenvalue weighted by atomic mass is 16.5. The highest BCUT2D eigenvalue weighted by Gasteiger charge is 2.22. The van der Waals surface area contributed by atoms with Crippen molar-refractivity contribution in [3.05, 3.63) is 95.7 Å². The minimum atomic E-state index is -0.792. The molecule has 8 nitrogen and oxygen atoms in total. The van der Waals surface area contributed by atoms with Crippen LogP contribution in [0.5, 0.6) is 11.6 Å². The van der Waals surface area contributed by atoms with Crippen LogP contribution in [0.2, 0.25) is 0 Å². The monoisotopic (exact) mass is 485 g/mol. The van der Waals surface area contributed by atoms with Gasteiger partial charge in [-0.3, -0.25) is 4.79 Å². The van der Waals surface area contributed by atoms with Crippen LogP contribution in [0.25, 0.3) is 11.0 Å². The predicted molar refractivity (Wildman–Crippen MR) is 135 cm³/mol. The van der Waals surface area contributed by atoms with Crippen molar-refractivity contribution < 1.29 is 23.8 Å². The molecule has 1 aromatic heterocycles. The average molecular weight is 486 g/mol. The third-order valence-corrected chi connectivity index (χ3v) is 5.48. The minimum absolute atomic E-state index is 0.288. The van der Waals surface area contributed by atoms with Crippen molar-refractivity contribution in [1.82, 2.24) is 15.3 Å². The molecule has 8 heteroatoms. The van der Waals surface area contributed by atoms with E-state index in [4.69, 9.17) is 14.2 Å². The molecule has 0 unspecified atom stereocenters. The van der Waals surface area contributed by atoms with E-state index in [2.05, 4.69) is 15.3 Å². The summed E-state index contributed by atoms with van der Waals surface area (Å²) in [5.74, 6) is 0.185. The Balaban J connectivity index is 1.29. The fourth-order valence-corrected chi connectivity index (χ4v) is 3.64. The number of para-hydroxylation sites is 2. The Labute approximate surface area is 209 Å². The summed E-state index contributed by atoms with van der Waals surface area (Å²) in [6.45, 7) is 2.43. The van der Waals surface area contributed by atoms with Crippen LogP contribution in [0.3, 0.4) is 0 Å². The number of rotatable bonds is 10. The van der Waals surface area contributed by atoms with Crippen molar-refractivity contribution in [2.45, 2.75) is 19.4 Å². The Kier molecular flexibility index (Phi) is 8.08. The van der Waals surface area contributed by atoms with Crippen molar-refractivity contribution in [3.63, 3.8) is 0 Å². The molecular weight excluding hydrogens is 458 g/mol. The quantitative estimate of drug-likeness (QED) is 0.269. The van der Waals surface area contributed by atoms with E-state index in [1.807, 2.05) is 61.5 Å². The van der Waals surface area contributed by atoms with E-state index in [1.165, 1.54) is 7.11 Å². The van der Waals surface area contributed by atoms with Crippen molar-refractivity contribution in [2.75, 3.05) is 20.3 Å². The third kappa shape index (κ3) is 6.35. The summed E-state index contributed by atoms with van der Waals surface area (Å²) >= 11 is 0. The van der Waals surface area contributed by atoms with Crippen LogP contribution >= 0.6 is 0 Å². The topological polar surface area (TPSA) is 99.6 Å². The number of hydrogen-bond acceptors (Lipinski definition) is 7. The molecule has 4 rings (SSSR count). The van der Waals surface area contributed by atoms with Crippen LogP contribution in [0.4, 0.5) is 0 Å². The highest BCUT2D eigenvalue weighted by molar-refractivity contribution is 5.97. The first-order chi connectivity index (χ1) is 17.5. The second-order valence-corrected chi connectivity index (χ2v) is 8.06. The lowest BCUT2D eigenvalue weighted by molar-refractivity contribution is -0.142. The zero-order valence-corrected chi connectivity index (χ0v) is 20.1. The van der Waals surface area contributed by atoms with Crippen molar-refractivity contribution >= 4 is 22.9 Å². The summed E-state index contributed by atoms with van der Waals surface area (Å²) in [5, 5.41) is 2.75. The van der Waals surface area contributed by atoms with Crippen LogP contribution < -0.4 is 14.8 Å². The SMILES string of the molecule is COC(=O)[C@H](Cc1ccccc1)NC(=O)c1ccc(OCCOc2nc3ccccc3nc2C)cc1. The molecular formula is C28H27N3O5. The number of aromatic nitrogens is 2. The third-order valence-electron chi connectivity index (χ3n) is 5.48. The van der Waals surface area contributed by atoms with Gasteiger partial charge in [-0.15, -0.1) is 0 Å². The molecule has 1 heterocycles. The van der Waals surface area contributed by atoms with Crippen LogP contribution in [0.15, 0.2) is 78.9 Å². The number of fused-ring (bicyclic) bond motifs is 1. The highest BCUT2D eigenvalue weighted by Crippen LogP contribution is 2.18. The van der Waals surface area contributed by atoms with Gasteiger partial charge in [0.1, 0.15) is 30.7 Å². The smallest absolute Gasteiger partial charge is 0.328 e. The summed E-state index contributed by atoms with van der Waals surface area (Å²) in [5.41, 5.74) is 3.63. The molecule has 184 valence electrons. The molecule has 0 radical (unpaired) electrons. The average Bonchev–Trinajstić information content (AvgIpc) is 2.91. The first-order valence-electron chi connectivity index (χ1n) is 11.5. The van der Waals surface area contributed by atoms with Crippen molar-refractivity contribution in [3.8, 4) is 11.6 Å². The largest absolute Gasteiger partial charge is 0.490 e. The minimum Gasteiger partial charge on any atom is -0.490 e. The van der Waals surface area contributed by atoms with Crippen LogP contribution in [-0.2, 0) is 16.0 Å². The summed E-state index contributed by atoms with van der Waals surface area (Å²) in [4.78, 5) is 33.9. The van der Waals surface area contributed by atoms with Gasteiger partial charge in [-0.2, -0.15) is 0 Å². The Morgan fingerprint density at radius 2 is 1.47 bits per heavy atom. The van der Waals surface area contributed by atoms with Crippen LogP contribution in [0, 0.1) is 6.92 Å². The van der Waals surface area contributed by atoms with Gasteiger partial charge in [0.15, 0.2) is 0 Å². The normalized spacial score (nSPS) is 11.5. The Bertz CT molecular complexity index is 1330. The molecule has 1 N–H and O–H groups in total. The molecule has 0 saturated carbocycles. The lowest BCUT2D eigenvalue weighted by Crippen LogP contribution is -2.43. The van der Waals surface area contributed by atoms with Gasteiger partial charge in [-0.1, -0.05) is 42.5 Å². The van der Waals surface area contributed by atoms with Gasteiger partial charge in [0.2, 0.25) is 5.88 Å². The van der Waals surface area contributed by atoms with E-state index in [0.717, 1.165) is 16.6 Å². The van der Waals surface area contributed by atoms with Gasteiger partial charge < -0.3 is 19.5 Å². The van der Waals surface area contributed by atoms with Gasteiger partial charge in [0.25, 0.3) is 5.91 Å². The van der Waals surface area contributed by atoms with Crippen LogP contribution in [0.1, 0.15) is 21.6 Å². The van der Waals surface area contributed by atoms with E-state index in [9.17, 15) is 9.59 Å². The lowest BCUT2D eigenvalue weighted by Gasteiger charge is -2.17. The standard InChI is InChI=1S/C28H27N3O5/c1-19-27(31-24-11-7-6-10-23(24)29-19)36-17-16-35-22-14-12-21(13-15-22)26(32)30-25(28(33)34-2)18-20-8-4-3-5-9-20/h3-15,25H,16-18H2,1-2H3,(H,30,32)/t25-/m0/s1. The molecule has 0 spiro atoms. The number of carbonyl (C=O) groups excluding carboxylic acids is 2. The Morgan fingerprint density at radius 1 is 0.833 bits per heavy atom. The van der Waals surface area contributed by atoms with Gasteiger partial charge in [0.05, 0.1) is 18.1 Å². The fraction of sp³-hybridized carbons (Fsp3) is 0.214. The number of ether oxygens (including phenoxy) is 3. The number of amides is 1. The Hall–Kier alpha value is -4.46. The summed E-state index contributed by atoms with van der Waals surface area (Å²) < 4.78 is 16.3. The first-order valence-corrected chi connectivity index (χ1v) is 11.5. The molecule has 0 bridgehead atoms. The van der Waals surface area contributed by atoms with Crippen molar-refractivity contribution in [1.29, 1.82) is 0 Å². The van der Waals surface area contributed by atoms with Gasteiger partial charge in [-0.25, -0.2) is 14.8 Å². The molecule has 4 aromatic rings. The fourth-order valence-electron chi connectivity index (χ4n) is 3.64. The number of methoxy groups -OCH3 is 1. The molecule has 1 amide bonds. The summed E-state index contributed by atoms with van der Waals surface area (Å²) in [6, 6.07) is 22.9. The molecule has 1 atom stereocenters. The zero-order valence-electron chi connectivity index (χ0n) is 20.1. The van der Waals surface area contributed by atoms with E-state index in [-0.39, 0.29) is 12.5 Å². The second-order valence-electron chi connectivity index (χ2n) is 8.06.